The van der Waals surface area contributed by atoms with Crippen molar-refractivity contribution < 1.29 is 4.79 Å². The Balaban J connectivity index is 1.44. The molecule has 0 bridgehead atoms. The van der Waals surface area contributed by atoms with E-state index in [2.05, 4.69) is 40.6 Å². The van der Waals surface area contributed by atoms with E-state index in [1.807, 2.05) is 25.1 Å². The predicted molar refractivity (Wildman–Crippen MR) is 105 cm³/mol. The number of thioether (sulfide) groups is 1. The SMILES string of the molecule is C[C@H](Sc1nc2ccccc2s1)C(=O)N[C@H]1CCCc2ccccc21. The van der Waals surface area contributed by atoms with Crippen LogP contribution in [0.3, 0.4) is 0 Å². The minimum atomic E-state index is -0.158. The third-order valence-electron chi connectivity index (χ3n) is 4.61. The van der Waals surface area contributed by atoms with Crippen LogP contribution in [0.1, 0.15) is 36.9 Å². The van der Waals surface area contributed by atoms with Crippen molar-refractivity contribution in [2.45, 2.75) is 41.8 Å². The molecule has 4 rings (SSSR count). The lowest BCUT2D eigenvalue weighted by Gasteiger charge is -2.27. The molecule has 1 aliphatic carbocycles. The fourth-order valence-electron chi connectivity index (χ4n) is 3.30. The molecule has 2 atom stereocenters. The lowest BCUT2D eigenvalue weighted by molar-refractivity contribution is -0.121. The third kappa shape index (κ3) is 3.58. The Morgan fingerprint density at radius 2 is 2.04 bits per heavy atom. The summed E-state index contributed by atoms with van der Waals surface area (Å²) in [5, 5.41) is 3.09. The lowest BCUT2D eigenvalue weighted by Crippen LogP contribution is -2.35. The summed E-state index contributed by atoms with van der Waals surface area (Å²) >= 11 is 3.19. The second kappa shape index (κ2) is 7.18. The summed E-state index contributed by atoms with van der Waals surface area (Å²) in [4.78, 5) is 17.3. The maximum absolute atomic E-state index is 12.7. The van der Waals surface area contributed by atoms with Crippen molar-refractivity contribution in [3.8, 4) is 0 Å². The number of carbonyl (C=O) groups excluding carboxylic acids is 1. The van der Waals surface area contributed by atoms with Crippen molar-refractivity contribution in [2.24, 2.45) is 0 Å². The van der Waals surface area contributed by atoms with Crippen LogP contribution in [0.2, 0.25) is 0 Å². The Morgan fingerprint density at radius 1 is 1.24 bits per heavy atom. The van der Waals surface area contributed by atoms with Gasteiger partial charge in [0.05, 0.1) is 21.5 Å². The van der Waals surface area contributed by atoms with E-state index >= 15 is 0 Å². The zero-order chi connectivity index (χ0) is 17.2. The van der Waals surface area contributed by atoms with Gasteiger partial charge in [0, 0.05) is 0 Å². The van der Waals surface area contributed by atoms with E-state index in [0.29, 0.717) is 0 Å². The van der Waals surface area contributed by atoms with Gasteiger partial charge < -0.3 is 5.32 Å². The van der Waals surface area contributed by atoms with E-state index in [9.17, 15) is 4.79 Å². The highest BCUT2D eigenvalue weighted by Crippen LogP contribution is 2.33. The highest BCUT2D eigenvalue weighted by atomic mass is 32.2. The molecule has 0 radical (unpaired) electrons. The Hall–Kier alpha value is -1.85. The number of rotatable bonds is 4. The summed E-state index contributed by atoms with van der Waals surface area (Å²) in [5.41, 5.74) is 3.65. The molecule has 0 fully saturated rings. The number of nitrogens with zero attached hydrogens (tertiary/aromatic N) is 1. The van der Waals surface area contributed by atoms with Crippen LogP contribution < -0.4 is 5.32 Å². The molecule has 0 unspecified atom stereocenters. The van der Waals surface area contributed by atoms with Gasteiger partial charge in [-0.3, -0.25) is 4.79 Å². The molecule has 1 aliphatic rings. The fraction of sp³-hybridized carbons (Fsp3) is 0.300. The van der Waals surface area contributed by atoms with Gasteiger partial charge in [-0.15, -0.1) is 11.3 Å². The highest BCUT2D eigenvalue weighted by molar-refractivity contribution is 8.02. The molecule has 25 heavy (non-hydrogen) atoms. The average molecular weight is 369 g/mol. The standard InChI is InChI=1S/C20H20N2OS2/c1-13(24-20-22-17-10-4-5-12-18(17)25-20)19(23)21-16-11-6-8-14-7-2-3-9-15(14)16/h2-5,7,9-10,12-13,16H,6,8,11H2,1H3,(H,21,23)/t13-,16-/m0/s1. The summed E-state index contributed by atoms with van der Waals surface area (Å²) in [5.74, 6) is 0.0889. The van der Waals surface area contributed by atoms with Gasteiger partial charge in [-0.05, 0) is 49.4 Å². The number of benzene rings is 2. The van der Waals surface area contributed by atoms with E-state index in [4.69, 9.17) is 0 Å². The van der Waals surface area contributed by atoms with Crippen LogP contribution in [0, 0.1) is 0 Å². The molecule has 0 saturated carbocycles. The zero-order valence-corrected chi connectivity index (χ0v) is 15.7. The van der Waals surface area contributed by atoms with Crippen LogP contribution in [-0.4, -0.2) is 16.1 Å². The number of para-hydroxylation sites is 1. The number of carbonyl (C=O) groups is 1. The van der Waals surface area contributed by atoms with Crippen LogP contribution in [-0.2, 0) is 11.2 Å². The second-order valence-corrected chi connectivity index (χ2v) is 8.98. The molecule has 5 heteroatoms. The minimum Gasteiger partial charge on any atom is -0.348 e. The fourth-order valence-corrected chi connectivity index (χ4v) is 5.52. The second-order valence-electron chi connectivity index (χ2n) is 6.36. The van der Waals surface area contributed by atoms with Gasteiger partial charge >= 0.3 is 0 Å². The third-order valence-corrected chi connectivity index (χ3v) is 6.84. The Bertz CT molecular complexity index is 872. The summed E-state index contributed by atoms with van der Waals surface area (Å²) in [7, 11) is 0. The average Bonchev–Trinajstić information content (AvgIpc) is 3.04. The Kier molecular flexibility index (Phi) is 4.77. The van der Waals surface area contributed by atoms with Gasteiger partial charge in [-0.2, -0.15) is 0 Å². The van der Waals surface area contributed by atoms with E-state index in [0.717, 1.165) is 29.1 Å². The number of aryl methyl sites for hydroxylation is 1. The van der Waals surface area contributed by atoms with Crippen LogP contribution in [0.25, 0.3) is 10.2 Å². The molecular formula is C20H20N2OS2. The first-order valence-electron chi connectivity index (χ1n) is 8.61. The number of aromatic nitrogens is 1. The smallest absolute Gasteiger partial charge is 0.233 e. The van der Waals surface area contributed by atoms with E-state index in [1.54, 1.807) is 23.1 Å². The molecule has 128 valence electrons. The molecule has 0 spiro atoms. The highest BCUT2D eigenvalue weighted by Gasteiger charge is 2.24. The molecular weight excluding hydrogens is 348 g/mol. The summed E-state index contributed by atoms with van der Waals surface area (Å²) in [6.45, 7) is 1.96. The van der Waals surface area contributed by atoms with Crippen molar-refractivity contribution in [1.29, 1.82) is 0 Å². The molecule has 0 saturated heterocycles. The first-order valence-corrected chi connectivity index (χ1v) is 10.3. The number of hydrogen-bond donors (Lipinski definition) is 1. The van der Waals surface area contributed by atoms with Crippen molar-refractivity contribution in [2.75, 3.05) is 0 Å². The number of nitrogens with one attached hydrogen (secondary N) is 1. The first kappa shape index (κ1) is 16.6. The predicted octanol–water partition coefficient (Wildman–Crippen LogP) is 4.97. The number of amides is 1. The molecule has 3 nitrogen and oxygen atoms in total. The van der Waals surface area contributed by atoms with Gasteiger partial charge in [0.2, 0.25) is 5.91 Å². The van der Waals surface area contributed by atoms with Gasteiger partial charge in [-0.1, -0.05) is 48.2 Å². The minimum absolute atomic E-state index is 0.0889. The van der Waals surface area contributed by atoms with E-state index in [-0.39, 0.29) is 17.2 Å². The maximum Gasteiger partial charge on any atom is 0.233 e. The van der Waals surface area contributed by atoms with Gasteiger partial charge in [-0.25, -0.2) is 4.98 Å². The summed E-state index contributed by atoms with van der Waals surface area (Å²) < 4.78 is 2.12. The number of hydrogen-bond acceptors (Lipinski definition) is 4. The van der Waals surface area contributed by atoms with Gasteiger partial charge in [0.25, 0.3) is 0 Å². The monoisotopic (exact) mass is 368 g/mol. The van der Waals surface area contributed by atoms with Gasteiger partial charge in [0.1, 0.15) is 0 Å². The first-order chi connectivity index (χ1) is 12.2. The van der Waals surface area contributed by atoms with E-state index in [1.165, 1.54) is 15.8 Å². The van der Waals surface area contributed by atoms with Crippen molar-refractivity contribution in [1.82, 2.24) is 10.3 Å². The van der Waals surface area contributed by atoms with E-state index < -0.39 is 0 Å². The van der Waals surface area contributed by atoms with Crippen molar-refractivity contribution >= 4 is 39.2 Å². The molecule has 1 heterocycles. The van der Waals surface area contributed by atoms with Crippen LogP contribution in [0.4, 0.5) is 0 Å². The largest absolute Gasteiger partial charge is 0.348 e. The lowest BCUT2D eigenvalue weighted by atomic mass is 9.88. The molecule has 1 amide bonds. The topological polar surface area (TPSA) is 42.0 Å². The summed E-state index contributed by atoms with van der Waals surface area (Å²) in [6.07, 6.45) is 3.25. The molecule has 1 aromatic heterocycles. The van der Waals surface area contributed by atoms with Crippen molar-refractivity contribution in [3.05, 3.63) is 59.7 Å². The Labute approximate surface area is 155 Å². The van der Waals surface area contributed by atoms with Crippen LogP contribution >= 0.6 is 23.1 Å². The normalized spacial score (nSPS) is 17.9. The number of fused-ring (bicyclic) bond motifs is 2. The van der Waals surface area contributed by atoms with Gasteiger partial charge in [0.15, 0.2) is 4.34 Å². The van der Waals surface area contributed by atoms with Crippen LogP contribution in [0.15, 0.2) is 52.9 Å². The maximum atomic E-state index is 12.7. The summed E-state index contributed by atoms with van der Waals surface area (Å²) in [6, 6.07) is 16.7. The van der Waals surface area contributed by atoms with Crippen molar-refractivity contribution in [3.63, 3.8) is 0 Å². The zero-order valence-electron chi connectivity index (χ0n) is 14.1. The quantitative estimate of drug-likeness (QED) is 0.661. The molecule has 3 aromatic rings. The number of thiazole rings is 1. The Morgan fingerprint density at radius 3 is 2.92 bits per heavy atom. The van der Waals surface area contributed by atoms with Crippen LogP contribution in [0.5, 0.6) is 0 Å². The molecule has 1 N–H and O–H groups in total. The molecule has 0 aliphatic heterocycles. The molecule has 2 aromatic carbocycles.